The van der Waals surface area contributed by atoms with Crippen LogP contribution in [0.2, 0.25) is 0 Å². The average molecular weight is 218 g/mol. The predicted molar refractivity (Wildman–Crippen MR) is 67.7 cm³/mol. The number of aromatic nitrogens is 1. The maximum absolute atomic E-state index is 4.07. The molecular formula is C12H18N4. The summed E-state index contributed by atoms with van der Waals surface area (Å²) in [6.45, 7) is 5.71. The largest absolute Gasteiger partial charge is 0.368 e. The van der Waals surface area contributed by atoms with Crippen molar-refractivity contribution in [1.29, 1.82) is 0 Å². The SMILES string of the molecule is C=Nc1cnccc1N1CCCC(NC)C1. The Hall–Kier alpha value is -1.42. The van der Waals surface area contributed by atoms with Crippen LogP contribution in [0.4, 0.5) is 11.4 Å². The van der Waals surface area contributed by atoms with Crippen LogP contribution in [0, 0.1) is 0 Å². The van der Waals surface area contributed by atoms with E-state index in [1.807, 2.05) is 19.3 Å². The Morgan fingerprint density at radius 2 is 2.50 bits per heavy atom. The quantitative estimate of drug-likeness (QED) is 0.783. The third-order valence-corrected chi connectivity index (χ3v) is 3.12. The molecule has 1 aliphatic rings. The van der Waals surface area contributed by atoms with Gasteiger partial charge in [-0.05, 0) is 32.7 Å². The van der Waals surface area contributed by atoms with Crippen molar-refractivity contribution >= 4 is 18.1 Å². The van der Waals surface area contributed by atoms with Gasteiger partial charge < -0.3 is 10.2 Å². The van der Waals surface area contributed by atoms with Gasteiger partial charge in [-0.3, -0.25) is 9.98 Å². The van der Waals surface area contributed by atoms with Crippen molar-refractivity contribution in [1.82, 2.24) is 10.3 Å². The Morgan fingerprint density at radius 3 is 3.25 bits per heavy atom. The molecular weight excluding hydrogens is 200 g/mol. The molecule has 1 aromatic rings. The summed E-state index contributed by atoms with van der Waals surface area (Å²) < 4.78 is 0. The summed E-state index contributed by atoms with van der Waals surface area (Å²) in [4.78, 5) is 10.5. The normalized spacial score (nSPS) is 20.8. The Morgan fingerprint density at radius 1 is 1.62 bits per heavy atom. The van der Waals surface area contributed by atoms with E-state index >= 15 is 0 Å². The van der Waals surface area contributed by atoms with Crippen LogP contribution in [0.25, 0.3) is 0 Å². The van der Waals surface area contributed by atoms with Crippen LogP contribution in [-0.2, 0) is 0 Å². The van der Waals surface area contributed by atoms with Gasteiger partial charge >= 0.3 is 0 Å². The number of anilines is 1. The van der Waals surface area contributed by atoms with Crippen LogP contribution in [0.3, 0.4) is 0 Å². The standard InChI is InChI=1S/C12H18N4/c1-13-10-4-3-7-16(9-10)12-5-6-15-8-11(12)14-2/h5-6,8,10,13H,2-4,7,9H2,1H3. The number of rotatable bonds is 3. The molecule has 1 aromatic heterocycles. The van der Waals surface area contributed by atoms with Crippen molar-refractivity contribution in [3.63, 3.8) is 0 Å². The highest BCUT2D eigenvalue weighted by Crippen LogP contribution is 2.29. The molecule has 0 amide bonds. The van der Waals surface area contributed by atoms with Crippen molar-refractivity contribution < 1.29 is 0 Å². The molecule has 1 fully saturated rings. The van der Waals surface area contributed by atoms with Crippen LogP contribution < -0.4 is 10.2 Å². The number of pyridine rings is 1. The third-order valence-electron chi connectivity index (χ3n) is 3.12. The van der Waals surface area contributed by atoms with E-state index in [-0.39, 0.29) is 0 Å². The Bertz CT molecular complexity index is 364. The lowest BCUT2D eigenvalue weighted by atomic mass is 10.1. The number of hydrogen-bond donors (Lipinski definition) is 1. The molecule has 0 saturated carbocycles. The minimum absolute atomic E-state index is 0.569. The molecule has 2 rings (SSSR count). The lowest BCUT2D eigenvalue weighted by Crippen LogP contribution is -2.44. The van der Waals surface area contributed by atoms with Crippen molar-refractivity contribution in [2.24, 2.45) is 4.99 Å². The highest BCUT2D eigenvalue weighted by atomic mass is 15.2. The van der Waals surface area contributed by atoms with Crippen LogP contribution in [0.5, 0.6) is 0 Å². The van der Waals surface area contributed by atoms with E-state index in [0.29, 0.717) is 6.04 Å². The fraction of sp³-hybridized carbons (Fsp3) is 0.500. The fourth-order valence-corrected chi connectivity index (χ4v) is 2.20. The van der Waals surface area contributed by atoms with Crippen molar-refractivity contribution in [2.75, 3.05) is 25.0 Å². The molecule has 0 aromatic carbocycles. The summed E-state index contributed by atoms with van der Waals surface area (Å²) in [6, 6.07) is 2.58. The smallest absolute Gasteiger partial charge is 0.104 e. The molecule has 4 nitrogen and oxygen atoms in total. The molecule has 0 bridgehead atoms. The number of likely N-dealkylation sites (N-methyl/N-ethyl adjacent to an activating group) is 1. The highest BCUT2D eigenvalue weighted by molar-refractivity contribution is 5.67. The van der Waals surface area contributed by atoms with E-state index in [4.69, 9.17) is 0 Å². The number of nitrogens with zero attached hydrogens (tertiary/aromatic N) is 3. The average Bonchev–Trinajstić information content (AvgIpc) is 2.38. The van der Waals surface area contributed by atoms with Gasteiger partial charge in [-0.2, -0.15) is 0 Å². The maximum Gasteiger partial charge on any atom is 0.104 e. The lowest BCUT2D eigenvalue weighted by molar-refractivity contribution is 0.450. The van der Waals surface area contributed by atoms with E-state index in [0.717, 1.165) is 24.5 Å². The number of aliphatic imine (C=N–C) groups is 1. The van der Waals surface area contributed by atoms with Crippen LogP contribution in [0.15, 0.2) is 23.5 Å². The highest BCUT2D eigenvalue weighted by Gasteiger charge is 2.20. The second kappa shape index (κ2) is 5.07. The minimum atomic E-state index is 0.569. The van der Waals surface area contributed by atoms with Crippen LogP contribution in [0.1, 0.15) is 12.8 Å². The summed E-state index contributed by atoms with van der Waals surface area (Å²) in [5, 5.41) is 3.34. The van der Waals surface area contributed by atoms with E-state index in [1.165, 1.54) is 12.8 Å². The summed E-state index contributed by atoms with van der Waals surface area (Å²) in [6.07, 6.45) is 6.04. The summed E-state index contributed by atoms with van der Waals surface area (Å²) >= 11 is 0. The second-order valence-corrected chi connectivity index (χ2v) is 4.10. The number of hydrogen-bond acceptors (Lipinski definition) is 4. The third kappa shape index (κ3) is 2.22. The first kappa shape index (κ1) is 11.1. The zero-order chi connectivity index (χ0) is 11.4. The van der Waals surface area contributed by atoms with Crippen LogP contribution >= 0.6 is 0 Å². The molecule has 0 spiro atoms. The van der Waals surface area contributed by atoms with Gasteiger partial charge in [0.05, 0.1) is 11.9 Å². The van der Waals surface area contributed by atoms with Gasteiger partial charge in [0.25, 0.3) is 0 Å². The molecule has 86 valence electrons. The van der Waals surface area contributed by atoms with Gasteiger partial charge in [-0.1, -0.05) is 0 Å². The summed E-state index contributed by atoms with van der Waals surface area (Å²) in [7, 11) is 2.02. The molecule has 1 atom stereocenters. The van der Waals surface area contributed by atoms with Crippen molar-refractivity contribution in [3.8, 4) is 0 Å². The maximum atomic E-state index is 4.07. The van der Waals surface area contributed by atoms with Crippen molar-refractivity contribution in [2.45, 2.75) is 18.9 Å². The molecule has 1 unspecified atom stereocenters. The summed E-state index contributed by atoms with van der Waals surface area (Å²) in [5.74, 6) is 0. The van der Waals surface area contributed by atoms with Gasteiger partial charge in [0.2, 0.25) is 0 Å². The monoisotopic (exact) mass is 218 g/mol. The zero-order valence-electron chi connectivity index (χ0n) is 9.69. The fourth-order valence-electron chi connectivity index (χ4n) is 2.20. The summed E-state index contributed by atoms with van der Waals surface area (Å²) in [5.41, 5.74) is 2.02. The molecule has 0 aliphatic carbocycles. The van der Waals surface area contributed by atoms with Gasteiger partial charge in [0.15, 0.2) is 0 Å². The topological polar surface area (TPSA) is 40.5 Å². The van der Waals surface area contributed by atoms with Gasteiger partial charge in [0, 0.05) is 25.3 Å². The first-order valence-electron chi connectivity index (χ1n) is 5.68. The van der Waals surface area contributed by atoms with E-state index < -0.39 is 0 Å². The van der Waals surface area contributed by atoms with Crippen LogP contribution in [-0.4, -0.2) is 37.9 Å². The van der Waals surface area contributed by atoms with Crippen molar-refractivity contribution in [3.05, 3.63) is 18.5 Å². The van der Waals surface area contributed by atoms with E-state index in [1.54, 1.807) is 6.20 Å². The first-order valence-corrected chi connectivity index (χ1v) is 5.68. The predicted octanol–water partition coefficient (Wildman–Crippen LogP) is 1.60. The number of nitrogens with one attached hydrogen (secondary N) is 1. The number of piperidine rings is 1. The zero-order valence-corrected chi connectivity index (χ0v) is 9.69. The van der Waals surface area contributed by atoms with E-state index in [2.05, 4.69) is 26.9 Å². The van der Waals surface area contributed by atoms with E-state index in [9.17, 15) is 0 Å². The Balaban J connectivity index is 2.19. The second-order valence-electron chi connectivity index (χ2n) is 4.10. The minimum Gasteiger partial charge on any atom is -0.368 e. The molecule has 4 heteroatoms. The Labute approximate surface area is 96.4 Å². The first-order chi connectivity index (χ1) is 7.85. The molecule has 1 N–H and O–H groups in total. The lowest BCUT2D eigenvalue weighted by Gasteiger charge is -2.34. The molecule has 16 heavy (non-hydrogen) atoms. The molecule has 1 saturated heterocycles. The van der Waals surface area contributed by atoms with Gasteiger partial charge in [-0.25, -0.2) is 0 Å². The molecule has 1 aliphatic heterocycles. The Kier molecular flexibility index (Phi) is 3.51. The van der Waals surface area contributed by atoms with Gasteiger partial charge in [-0.15, -0.1) is 0 Å². The van der Waals surface area contributed by atoms with Gasteiger partial charge in [0.1, 0.15) is 5.69 Å². The molecule has 2 heterocycles. The molecule has 0 radical (unpaired) electrons.